The van der Waals surface area contributed by atoms with Gasteiger partial charge < -0.3 is 10.1 Å². The number of rotatable bonds is 5. The third kappa shape index (κ3) is 4.67. The van der Waals surface area contributed by atoms with E-state index < -0.39 is 0 Å². The fourth-order valence-corrected chi connectivity index (χ4v) is 2.47. The topological polar surface area (TPSA) is 51.2 Å². The van der Waals surface area contributed by atoms with E-state index in [1.807, 2.05) is 43.3 Å². The Hall–Kier alpha value is -2.66. The molecule has 0 atom stereocenters. The van der Waals surface area contributed by atoms with E-state index in [9.17, 15) is 4.79 Å². The average molecular weight is 397 g/mol. The number of halogens is 1. The molecule has 0 saturated carbocycles. The molecule has 0 aliphatic heterocycles. The van der Waals surface area contributed by atoms with Crippen molar-refractivity contribution in [1.82, 2.24) is 4.98 Å². The quantitative estimate of drug-likeness (QED) is 0.661. The molecule has 1 aromatic heterocycles. The van der Waals surface area contributed by atoms with Crippen molar-refractivity contribution < 1.29 is 9.53 Å². The highest BCUT2D eigenvalue weighted by molar-refractivity contribution is 9.10. The SMILES string of the molecule is Cc1nc(NC(=O)c2ccc(OCc3ccccc3)cc2)ccc1Br. The van der Waals surface area contributed by atoms with Crippen LogP contribution in [0.2, 0.25) is 0 Å². The van der Waals surface area contributed by atoms with Gasteiger partial charge in [-0.1, -0.05) is 30.3 Å². The molecule has 5 heteroatoms. The molecule has 3 aromatic rings. The summed E-state index contributed by atoms with van der Waals surface area (Å²) < 4.78 is 6.63. The van der Waals surface area contributed by atoms with E-state index in [1.54, 1.807) is 30.3 Å². The van der Waals surface area contributed by atoms with Crippen LogP contribution in [0.4, 0.5) is 5.82 Å². The highest BCUT2D eigenvalue weighted by atomic mass is 79.9. The zero-order valence-electron chi connectivity index (χ0n) is 13.7. The Kier molecular flexibility index (Phi) is 5.46. The second-order valence-electron chi connectivity index (χ2n) is 5.52. The molecule has 3 rings (SSSR count). The number of benzene rings is 2. The number of ether oxygens (including phenoxy) is 1. The van der Waals surface area contributed by atoms with Crippen LogP contribution in [0, 0.1) is 6.92 Å². The maximum atomic E-state index is 12.3. The van der Waals surface area contributed by atoms with Crippen LogP contribution in [0.3, 0.4) is 0 Å². The van der Waals surface area contributed by atoms with Crippen LogP contribution in [0.1, 0.15) is 21.6 Å². The number of aromatic nitrogens is 1. The van der Waals surface area contributed by atoms with Gasteiger partial charge in [0.2, 0.25) is 0 Å². The van der Waals surface area contributed by atoms with Gasteiger partial charge in [-0.05, 0) is 64.8 Å². The number of amides is 1. The summed E-state index contributed by atoms with van der Waals surface area (Å²) >= 11 is 3.39. The smallest absolute Gasteiger partial charge is 0.256 e. The van der Waals surface area contributed by atoms with Gasteiger partial charge in [-0.3, -0.25) is 4.79 Å². The van der Waals surface area contributed by atoms with Crippen LogP contribution in [-0.4, -0.2) is 10.9 Å². The molecular weight excluding hydrogens is 380 g/mol. The molecule has 0 spiro atoms. The van der Waals surface area contributed by atoms with E-state index in [0.29, 0.717) is 18.0 Å². The molecule has 0 radical (unpaired) electrons. The van der Waals surface area contributed by atoms with Crippen LogP contribution >= 0.6 is 15.9 Å². The molecule has 1 amide bonds. The summed E-state index contributed by atoms with van der Waals surface area (Å²) in [5.74, 6) is 1.04. The normalized spacial score (nSPS) is 10.3. The van der Waals surface area contributed by atoms with Gasteiger partial charge in [-0.15, -0.1) is 0 Å². The molecule has 0 unspecified atom stereocenters. The van der Waals surface area contributed by atoms with Gasteiger partial charge in [0.1, 0.15) is 18.2 Å². The lowest BCUT2D eigenvalue weighted by Crippen LogP contribution is -2.13. The molecule has 0 fully saturated rings. The summed E-state index contributed by atoms with van der Waals surface area (Å²) in [6.45, 7) is 2.37. The van der Waals surface area contributed by atoms with Crippen molar-refractivity contribution in [3.05, 3.63) is 88.0 Å². The van der Waals surface area contributed by atoms with Crippen LogP contribution in [0.15, 0.2) is 71.2 Å². The number of carbonyl (C=O) groups excluding carboxylic acids is 1. The fourth-order valence-electron chi connectivity index (χ4n) is 2.25. The summed E-state index contributed by atoms with van der Waals surface area (Å²) in [5.41, 5.74) is 2.47. The van der Waals surface area contributed by atoms with E-state index >= 15 is 0 Å². The molecule has 126 valence electrons. The third-order valence-corrected chi connectivity index (χ3v) is 4.47. The minimum Gasteiger partial charge on any atom is -0.489 e. The molecule has 1 N–H and O–H groups in total. The molecule has 0 saturated heterocycles. The highest BCUT2D eigenvalue weighted by Gasteiger charge is 2.08. The predicted molar refractivity (Wildman–Crippen MR) is 102 cm³/mol. The minimum absolute atomic E-state index is 0.205. The second-order valence-corrected chi connectivity index (χ2v) is 6.37. The molecular formula is C20H17BrN2O2. The molecule has 25 heavy (non-hydrogen) atoms. The lowest BCUT2D eigenvalue weighted by atomic mass is 10.2. The van der Waals surface area contributed by atoms with Gasteiger partial charge in [-0.2, -0.15) is 0 Å². The molecule has 0 bridgehead atoms. The number of pyridine rings is 1. The van der Waals surface area contributed by atoms with Crippen LogP contribution in [0.25, 0.3) is 0 Å². The summed E-state index contributed by atoms with van der Waals surface area (Å²) in [6, 6.07) is 20.6. The van der Waals surface area contributed by atoms with Crippen molar-refractivity contribution >= 4 is 27.7 Å². The van der Waals surface area contributed by atoms with Crippen LogP contribution < -0.4 is 10.1 Å². The largest absolute Gasteiger partial charge is 0.489 e. The highest BCUT2D eigenvalue weighted by Crippen LogP contribution is 2.18. The zero-order chi connectivity index (χ0) is 17.6. The van der Waals surface area contributed by atoms with Crippen LogP contribution in [0.5, 0.6) is 5.75 Å². The van der Waals surface area contributed by atoms with E-state index in [4.69, 9.17) is 4.74 Å². The molecule has 1 heterocycles. The Balaban J connectivity index is 1.61. The number of aryl methyl sites for hydroxylation is 1. The predicted octanol–water partition coefficient (Wildman–Crippen LogP) is 4.98. The van der Waals surface area contributed by atoms with Gasteiger partial charge in [0.25, 0.3) is 5.91 Å². The van der Waals surface area contributed by atoms with Crippen molar-refractivity contribution in [2.24, 2.45) is 0 Å². The third-order valence-electron chi connectivity index (χ3n) is 3.63. The summed E-state index contributed by atoms with van der Waals surface area (Å²) in [6.07, 6.45) is 0. The van der Waals surface area contributed by atoms with Crippen molar-refractivity contribution in [2.75, 3.05) is 5.32 Å². The number of nitrogens with one attached hydrogen (secondary N) is 1. The van der Waals surface area contributed by atoms with Gasteiger partial charge in [0, 0.05) is 10.0 Å². The Morgan fingerprint density at radius 3 is 2.44 bits per heavy atom. The van der Waals surface area contributed by atoms with Gasteiger partial charge in [0.15, 0.2) is 0 Å². The van der Waals surface area contributed by atoms with E-state index in [1.165, 1.54) is 0 Å². The first-order chi connectivity index (χ1) is 12.1. The summed E-state index contributed by atoms with van der Waals surface area (Å²) in [4.78, 5) is 16.6. The molecule has 0 aliphatic rings. The lowest BCUT2D eigenvalue weighted by Gasteiger charge is -2.08. The van der Waals surface area contributed by atoms with Gasteiger partial charge >= 0.3 is 0 Å². The van der Waals surface area contributed by atoms with Crippen molar-refractivity contribution in [1.29, 1.82) is 0 Å². The standard InChI is InChI=1S/C20H17BrN2O2/c1-14-18(21)11-12-19(22-14)23-20(24)16-7-9-17(10-8-16)25-13-15-5-3-2-4-6-15/h2-12H,13H2,1H3,(H,22,23,24). The lowest BCUT2D eigenvalue weighted by molar-refractivity contribution is 0.102. The van der Waals surface area contributed by atoms with E-state index in [-0.39, 0.29) is 5.91 Å². The average Bonchev–Trinajstić information content (AvgIpc) is 2.64. The Bertz CT molecular complexity index is 865. The zero-order valence-corrected chi connectivity index (χ0v) is 15.3. The summed E-state index contributed by atoms with van der Waals surface area (Å²) in [5, 5.41) is 2.79. The van der Waals surface area contributed by atoms with E-state index in [0.717, 1.165) is 21.5 Å². The molecule has 2 aromatic carbocycles. The number of nitrogens with zero attached hydrogens (tertiary/aromatic N) is 1. The Morgan fingerprint density at radius 1 is 1.04 bits per heavy atom. The first-order valence-corrected chi connectivity index (χ1v) is 8.62. The second kappa shape index (κ2) is 7.94. The van der Waals surface area contributed by atoms with Crippen molar-refractivity contribution in [3.63, 3.8) is 0 Å². The van der Waals surface area contributed by atoms with Gasteiger partial charge in [0.05, 0.1) is 5.69 Å². The monoisotopic (exact) mass is 396 g/mol. The maximum Gasteiger partial charge on any atom is 0.256 e. The number of anilines is 1. The fraction of sp³-hybridized carbons (Fsp3) is 0.100. The Labute approximate surface area is 155 Å². The van der Waals surface area contributed by atoms with Crippen molar-refractivity contribution in [3.8, 4) is 5.75 Å². The molecule has 0 aliphatic carbocycles. The minimum atomic E-state index is -0.205. The number of carbonyl (C=O) groups is 1. The first kappa shape index (κ1) is 17.2. The molecule has 4 nitrogen and oxygen atoms in total. The first-order valence-electron chi connectivity index (χ1n) is 7.83. The van der Waals surface area contributed by atoms with E-state index in [2.05, 4.69) is 26.2 Å². The van der Waals surface area contributed by atoms with Crippen molar-refractivity contribution in [2.45, 2.75) is 13.5 Å². The number of hydrogen-bond donors (Lipinski definition) is 1. The van der Waals surface area contributed by atoms with Crippen LogP contribution in [-0.2, 0) is 6.61 Å². The van der Waals surface area contributed by atoms with Gasteiger partial charge in [-0.25, -0.2) is 4.98 Å². The summed E-state index contributed by atoms with van der Waals surface area (Å²) in [7, 11) is 0. The Morgan fingerprint density at radius 2 is 1.76 bits per heavy atom. The number of hydrogen-bond acceptors (Lipinski definition) is 3. The maximum absolute atomic E-state index is 12.3.